The summed E-state index contributed by atoms with van der Waals surface area (Å²) in [5.41, 5.74) is 7.59. The number of nitrogens with two attached hydrogens (primary N) is 1. The van der Waals surface area contributed by atoms with Gasteiger partial charge in [-0.1, -0.05) is 12.1 Å². The van der Waals surface area contributed by atoms with Gasteiger partial charge in [0.25, 0.3) is 0 Å². The number of benzene rings is 1. The summed E-state index contributed by atoms with van der Waals surface area (Å²) in [4.78, 5) is 2.15. The molecule has 1 aromatic heterocycles. The first-order valence-electron chi connectivity index (χ1n) is 6.03. The van der Waals surface area contributed by atoms with Crippen LogP contribution in [-0.4, -0.2) is 11.4 Å². The molecule has 1 atom stereocenters. The van der Waals surface area contributed by atoms with Crippen LogP contribution in [0.5, 0.6) is 0 Å². The van der Waals surface area contributed by atoms with E-state index in [-0.39, 0.29) is 11.9 Å². The van der Waals surface area contributed by atoms with Gasteiger partial charge in [0.1, 0.15) is 11.6 Å². The maximum atomic E-state index is 13.8. The maximum Gasteiger partial charge on any atom is 0.128 e. The highest BCUT2D eigenvalue weighted by Crippen LogP contribution is 2.35. The summed E-state index contributed by atoms with van der Waals surface area (Å²) in [5, 5.41) is 0. The Balaban J connectivity index is 1.89. The third kappa shape index (κ3) is 1.83. The Morgan fingerprint density at radius 2 is 2.22 bits per heavy atom. The SMILES string of the molecule is NCC1c2cccc(F)c2CN1Cc1ccco1. The molecule has 3 nitrogen and oxygen atoms in total. The maximum absolute atomic E-state index is 13.8. The molecule has 0 spiro atoms. The quantitative estimate of drug-likeness (QED) is 0.904. The van der Waals surface area contributed by atoms with Crippen molar-refractivity contribution in [2.75, 3.05) is 6.54 Å². The van der Waals surface area contributed by atoms with Gasteiger partial charge >= 0.3 is 0 Å². The van der Waals surface area contributed by atoms with E-state index >= 15 is 0 Å². The van der Waals surface area contributed by atoms with Crippen LogP contribution in [0.4, 0.5) is 4.39 Å². The number of fused-ring (bicyclic) bond motifs is 1. The van der Waals surface area contributed by atoms with E-state index in [2.05, 4.69) is 4.90 Å². The van der Waals surface area contributed by atoms with E-state index in [1.807, 2.05) is 18.2 Å². The average Bonchev–Trinajstić information content (AvgIpc) is 2.97. The molecular formula is C14H15FN2O. The van der Waals surface area contributed by atoms with Crippen LogP contribution in [0.2, 0.25) is 0 Å². The normalized spacial score (nSPS) is 19.1. The monoisotopic (exact) mass is 246 g/mol. The minimum absolute atomic E-state index is 0.0702. The predicted octanol–water partition coefficient (Wildman–Crippen LogP) is 2.43. The highest BCUT2D eigenvalue weighted by atomic mass is 19.1. The molecule has 2 aromatic rings. The zero-order valence-electron chi connectivity index (χ0n) is 9.97. The minimum Gasteiger partial charge on any atom is -0.468 e. The fourth-order valence-electron chi connectivity index (χ4n) is 2.61. The highest BCUT2D eigenvalue weighted by molar-refractivity contribution is 5.35. The first kappa shape index (κ1) is 11.4. The van der Waals surface area contributed by atoms with Crippen molar-refractivity contribution in [3.05, 3.63) is 59.3 Å². The molecule has 3 rings (SSSR count). The van der Waals surface area contributed by atoms with Gasteiger partial charge in [0, 0.05) is 24.7 Å². The lowest BCUT2D eigenvalue weighted by atomic mass is 10.0. The van der Waals surface area contributed by atoms with Crippen molar-refractivity contribution >= 4 is 0 Å². The van der Waals surface area contributed by atoms with Crippen LogP contribution in [0.25, 0.3) is 0 Å². The van der Waals surface area contributed by atoms with E-state index in [4.69, 9.17) is 10.2 Å². The number of nitrogens with zero attached hydrogens (tertiary/aromatic N) is 1. The van der Waals surface area contributed by atoms with Crippen LogP contribution in [0.1, 0.15) is 22.9 Å². The molecule has 0 amide bonds. The number of halogens is 1. The van der Waals surface area contributed by atoms with Crippen LogP contribution < -0.4 is 5.73 Å². The highest BCUT2D eigenvalue weighted by Gasteiger charge is 2.31. The van der Waals surface area contributed by atoms with Crippen LogP contribution in [0.15, 0.2) is 41.0 Å². The van der Waals surface area contributed by atoms with Crippen LogP contribution in [0, 0.1) is 5.82 Å². The molecule has 1 aliphatic rings. The van der Waals surface area contributed by atoms with Gasteiger partial charge in [-0.25, -0.2) is 4.39 Å². The van der Waals surface area contributed by atoms with Crippen molar-refractivity contribution in [1.82, 2.24) is 4.90 Å². The minimum atomic E-state index is -0.145. The zero-order valence-corrected chi connectivity index (χ0v) is 9.97. The van der Waals surface area contributed by atoms with Gasteiger partial charge in [-0.2, -0.15) is 0 Å². The fourth-order valence-corrected chi connectivity index (χ4v) is 2.61. The van der Waals surface area contributed by atoms with Crippen LogP contribution in [0.3, 0.4) is 0 Å². The predicted molar refractivity (Wildman–Crippen MR) is 66.2 cm³/mol. The van der Waals surface area contributed by atoms with Gasteiger partial charge < -0.3 is 10.2 Å². The Bertz CT molecular complexity index is 539. The number of hydrogen-bond acceptors (Lipinski definition) is 3. The van der Waals surface area contributed by atoms with Crippen molar-refractivity contribution in [3.63, 3.8) is 0 Å². The summed E-state index contributed by atoms with van der Waals surface area (Å²) in [6, 6.07) is 9.05. The summed E-state index contributed by atoms with van der Waals surface area (Å²) in [6.45, 7) is 1.73. The molecule has 0 saturated carbocycles. The summed E-state index contributed by atoms with van der Waals surface area (Å²) < 4.78 is 19.1. The molecule has 1 unspecified atom stereocenters. The molecule has 94 valence electrons. The third-order valence-electron chi connectivity index (χ3n) is 3.48. The van der Waals surface area contributed by atoms with E-state index in [1.165, 1.54) is 6.07 Å². The lowest BCUT2D eigenvalue weighted by Crippen LogP contribution is -2.27. The van der Waals surface area contributed by atoms with Gasteiger partial charge in [-0.05, 0) is 23.8 Å². The van der Waals surface area contributed by atoms with Gasteiger partial charge in [-0.15, -0.1) is 0 Å². The molecule has 0 bridgehead atoms. The third-order valence-corrected chi connectivity index (χ3v) is 3.48. The van der Waals surface area contributed by atoms with Crippen molar-refractivity contribution in [2.45, 2.75) is 19.1 Å². The molecule has 2 N–H and O–H groups in total. The summed E-state index contributed by atoms with van der Waals surface area (Å²) in [6.07, 6.45) is 1.65. The average molecular weight is 246 g/mol. The standard InChI is InChI=1S/C14H15FN2O/c15-13-5-1-4-11-12(13)9-17(14(11)7-16)8-10-3-2-6-18-10/h1-6,14H,7-9,16H2. The van der Waals surface area contributed by atoms with Gasteiger partial charge in [0.2, 0.25) is 0 Å². The van der Waals surface area contributed by atoms with E-state index in [1.54, 1.807) is 12.3 Å². The molecular weight excluding hydrogens is 231 g/mol. The van der Waals surface area contributed by atoms with E-state index in [9.17, 15) is 4.39 Å². The second kappa shape index (κ2) is 4.55. The van der Waals surface area contributed by atoms with Crippen molar-refractivity contribution in [2.24, 2.45) is 5.73 Å². The van der Waals surface area contributed by atoms with Crippen molar-refractivity contribution in [1.29, 1.82) is 0 Å². The molecule has 0 aliphatic carbocycles. The first-order chi connectivity index (χ1) is 8.79. The Morgan fingerprint density at radius 1 is 1.33 bits per heavy atom. The van der Waals surface area contributed by atoms with E-state index in [0.29, 0.717) is 19.6 Å². The second-order valence-corrected chi connectivity index (χ2v) is 4.54. The first-order valence-corrected chi connectivity index (χ1v) is 6.03. The van der Waals surface area contributed by atoms with Gasteiger partial charge in [0.05, 0.1) is 12.8 Å². The van der Waals surface area contributed by atoms with E-state index in [0.717, 1.165) is 16.9 Å². The Labute approximate surface area is 105 Å². The Kier molecular flexibility index (Phi) is 2.89. The molecule has 1 aromatic carbocycles. The number of rotatable bonds is 3. The lowest BCUT2D eigenvalue weighted by molar-refractivity contribution is 0.193. The Hall–Kier alpha value is -1.65. The Morgan fingerprint density at radius 3 is 2.94 bits per heavy atom. The van der Waals surface area contributed by atoms with Crippen LogP contribution >= 0.6 is 0 Å². The molecule has 0 fully saturated rings. The van der Waals surface area contributed by atoms with Crippen LogP contribution in [-0.2, 0) is 13.1 Å². The molecule has 4 heteroatoms. The summed E-state index contributed by atoms with van der Waals surface area (Å²) in [7, 11) is 0. The largest absolute Gasteiger partial charge is 0.468 e. The number of furan rings is 1. The van der Waals surface area contributed by atoms with Gasteiger partial charge in [0.15, 0.2) is 0 Å². The molecule has 0 saturated heterocycles. The molecule has 18 heavy (non-hydrogen) atoms. The summed E-state index contributed by atoms with van der Waals surface area (Å²) in [5.74, 6) is 0.731. The van der Waals surface area contributed by atoms with E-state index < -0.39 is 0 Å². The van der Waals surface area contributed by atoms with Crippen molar-refractivity contribution < 1.29 is 8.81 Å². The zero-order chi connectivity index (χ0) is 12.5. The fraction of sp³-hybridized carbons (Fsp3) is 0.286. The summed E-state index contributed by atoms with van der Waals surface area (Å²) >= 11 is 0. The topological polar surface area (TPSA) is 42.4 Å². The van der Waals surface area contributed by atoms with Gasteiger partial charge in [-0.3, -0.25) is 4.90 Å². The van der Waals surface area contributed by atoms with Crippen molar-refractivity contribution in [3.8, 4) is 0 Å². The molecule has 1 aliphatic heterocycles. The second-order valence-electron chi connectivity index (χ2n) is 4.54. The molecule has 0 radical (unpaired) electrons. The lowest BCUT2D eigenvalue weighted by Gasteiger charge is -2.22. The smallest absolute Gasteiger partial charge is 0.128 e. The number of hydrogen-bond donors (Lipinski definition) is 1. The molecule has 2 heterocycles.